The van der Waals surface area contributed by atoms with E-state index in [4.69, 9.17) is 5.11 Å². The molecule has 1 nitrogen and oxygen atoms in total. The van der Waals surface area contributed by atoms with Crippen LogP contribution >= 0.6 is 0 Å². The molecule has 0 rings (SSSR count). The molecule has 0 bridgehead atoms. The Morgan fingerprint density at radius 1 is 0.714 bits per heavy atom. The van der Waals surface area contributed by atoms with Gasteiger partial charge in [-0.05, 0) is 19.3 Å². The molecule has 0 spiro atoms. The number of hydrogen-bond acceptors (Lipinski definition) is 1. The zero-order valence-electron chi connectivity index (χ0n) is 10.3. The lowest BCUT2D eigenvalue weighted by Crippen LogP contribution is -1.98. The first-order valence-corrected chi connectivity index (χ1v) is 6.31. The van der Waals surface area contributed by atoms with Crippen molar-refractivity contribution in [2.45, 2.75) is 78.2 Å². The molecule has 0 aliphatic carbocycles. The Hall–Kier alpha value is -0.0400. The van der Waals surface area contributed by atoms with Crippen LogP contribution in [0, 0.1) is 5.92 Å². The van der Waals surface area contributed by atoms with Crippen molar-refractivity contribution in [3.05, 3.63) is 0 Å². The second-order valence-electron chi connectivity index (χ2n) is 4.94. The first kappa shape index (κ1) is 14.0. The Bertz CT molecular complexity index is 93.8. The minimum absolute atomic E-state index is 0.101. The highest BCUT2D eigenvalue weighted by atomic mass is 16.3. The molecule has 0 amide bonds. The highest BCUT2D eigenvalue weighted by Gasteiger charge is 1.96. The Labute approximate surface area is 89.9 Å². The molecule has 1 heteroatoms. The first-order valence-electron chi connectivity index (χ1n) is 6.31. The SMILES string of the molecule is CC(C)CCCCCCCCC(C)O. The van der Waals surface area contributed by atoms with Crippen molar-refractivity contribution >= 4 is 0 Å². The van der Waals surface area contributed by atoms with Crippen LogP contribution in [0.25, 0.3) is 0 Å². The summed E-state index contributed by atoms with van der Waals surface area (Å²) >= 11 is 0. The molecule has 0 aromatic carbocycles. The van der Waals surface area contributed by atoms with Gasteiger partial charge in [0.1, 0.15) is 0 Å². The summed E-state index contributed by atoms with van der Waals surface area (Å²) in [6.07, 6.45) is 10.3. The van der Waals surface area contributed by atoms with Gasteiger partial charge in [0.05, 0.1) is 6.10 Å². The van der Waals surface area contributed by atoms with Crippen molar-refractivity contribution in [2.75, 3.05) is 0 Å². The van der Waals surface area contributed by atoms with Crippen LogP contribution in [0.3, 0.4) is 0 Å². The van der Waals surface area contributed by atoms with E-state index in [2.05, 4.69) is 13.8 Å². The molecule has 0 heterocycles. The molecule has 0 saturated heterocycles. The second-order valence-corrected chi connectivity index (χ2v) is 4.94. The predicted octanol–water partition coefficient (Wildman–Crippen LogP) is 4.14. The summed E-state index contributed by atoms with van der Waals surface area (Å²) in [5.41, 5.74) is 0. The van der Waals surface area contributed by atoms with Crippen LogP contribution in [0.1, 0.15) is 72.1 Å². The van der Waals surface area contributed by atoms with Gasteiger partial charge in [0, 0.05) is 0 Å². The van der Waals surface area contributed by atoms with Gasteiger partial charge in [-0.25, -0.2) is 0 Å². The first-order chi connectivity index (χ1) is 6.63. The third-order valence-corrected chi connectivity index (χ3v) is 2.65. The van der Waals surface area contributed by atoms with E-state index >= 15 is 0 Å². The number of aliphatic hydroxyl groups is 1. The average Bonchev–Trinajstić information content (AvgIpc) is 2.08. The fraction of sp³-hybridized carbons (Fsp3) is 1.00. The van der Waals surface area contributed by atoms with Gasteiger partial charge < -0.3 is 5.11 Å². The minimum Gasteiger partial charge on any atom is -0.393 e. The van der Waals surface area contributed by atoms with Gasteiger partial charge in [0.25, 0.3) is 0 Å². The normalized spacial score (nSPS) is 13.5. The van der Waals surface area contributed by atoms with E-state index in [0.717, 1.165) is 12.3 Å². The molecule has 1 atom stereocenters. The Morgan fingerprint density at radius 3 is 1.57 bits per heavy atom. The molecule has 0 aromatic rings. The van der Waals surface area contributed by atoms with Crippen molar-refractivity contribution in [1.29, 1.82) is 0 Å². The largest absolute Gasteiger partial charge is 0.393 e. The Morgan fingerprint density at radius 2 is 1.14 bits per heavy atom. The number of hydrogen-bond donors (Lipinski definition) is 1. The van der Waals surface area contributed by atoms with Gasteiger partial charge in [0.15, 0.2) is 0 Å². The van der Waals surface area contributed by atoms with E-state index in [1.54, 1.807) is 0 Å². The van der Waals surface area contributed by atoms with E-state index in [9.17, 15) is 0 Å². The Kier molecular flexibility index (Phi) is 9.49. The van der Waals surface area contributed by atoms with Crippen LogP contribution in [0.5, 0.6) is 0 Å². The van der Waals surface area contributed by atoms with E-state index in [1.165, 1.54) is 44.9 Å². The highest BCUT2D eigenvalue weighted by Crippen LogP contribution is 2.12. The molecule has 0 fully saturated rings. The molecule has 0 aliphatic rings. The number of rotatable bonds is 9. The maximum Gasteiger partial charge on any atom is 0.0512 e. The molecule has 1 unspecified atom stereocenters. The quantitative estimate of drug-likeness (QED) is 0.554. The fourth-order valence-electron chi connectivity index (χ4n) is 1.70. The molecule has 0 aliphatic heterocycles. The standard InChI is InChI=1S/C13H28O/c1-12(2)10-8-6-4-5-7-9-11-13(3)14/h12-14H,4-11H2,1-3H3. The lowest BCUT2D eigenvalue weighted by Gasteiger charge is -2.05. The zero-order chi connectivity index (χ0) is 10.8. The molecular formula is C13H28O. The summed E-state index contributed by atoms with van der Waals surface area (Å²) in [4.78, 5) is 0. The predicted molar refractivity (Wildman–Crippen MR) is 63.5 cm³/mol. The lowest BCUT2D eigenvalue weighted by atomic mass is 10.0. The van der Waals surface area contributed by atoms with Crippen LogP contribution in [0.15, 0.2) is 0 Å². The van der Waals surface area contributed by atoms with Crippen molar-refractivity contribution in [2.24, 2.45) is 5.92 Å². The molecule has 14 heavy (non-hydrogen) atoms. The summed E-state index contributed by atoms with van der Waals surface area (Å²) in [5, 5.41) is 9.05. The lowest BCUT2D eigenvalue weighted by molar-refractivity contribution is 0.180. The smallest absolute Gasteiger partial charge is 0.0512 e. The van der Waals surface area contributed by atoms with Gasteiger partial charge in [-0.1, -0.05) is 58.8 Å². The molecule has 0 saturated carbocycles. The van der Waals surface area contributed by atoms with Gasteiger partial charge in [-0.2, -0.15) is 0 Å². The van der Waals surface area contributed by atoms with Crippen LogP contribution in [0.4, 0.5) is 0 Å². The van der Waals surface area contributed by atoms with Gasteiger partial charge >= 0.3 is 0 Å². The maximum atomic E-state index is 9.05. The number of aliphatic hydroxyl groups excluding tert-OH is 1. The van der Waals surface area contributed by atoms with Crippen molar-refractivity contribution in [3.63, 3.8) is 0 Å². The molecule has 1 N–H and O–H groups in total. The van der Waals surface area contributed by atoms with E-state index in [1.807, 2.05) is 6.92 Å². The summed E-state index contributed by atoms with van der Waals surface area (Å²) in [6, 6.07) is 0. The number of unbranched alkanes of at least 4 members (excludes halogenated alkanes) is 5. The molecule has 0 aromatic heterocycles. The molecule has 0 radical (unpaired) electrons. The maximum absolute atomic E-state index is 9.05. The van der Waals surface area contributed by atoms with Crippen LogP contribution < -0.4 is 0 Å². The minimum atomic E-state index is -0.101. The van der Waals surface area contributed by atoms with Crippen LogP contribution in [-0.4, -0.2) is 11.2 Å². The van der Waals surface area contributed by atoms with E-state index in [-0.39, 0.29) is 6.10 Å². The molecule has 86 valence electrons. The van der Waals surface area contributed by atoms with E-state index < -0.39 is 0 Å². The average molecular weight is 200 g/mol. The summed E-state index contributed by atoms with van der Waals surface area (Å²) in [5.74, 6) is 0.866. The second kappa shape index (κ2) is 9.51. The van der Waals surface area contributed by atoms with Gasteiger partial charge in [-0.15, -0.1) is 0 Å². The fourth-order valence-corrected chi connectivity index (χ4v) is 1.70. The zero-order valence-corrected chi connectivity index (χ0v) is 10.3. The monoisotopic (exact) mass is 200 g/mol. The third kappa shape index (κ3) is 12.0. The van der Waals surface area contributed by atoms with E-state index in [0.29, 0.717) is 0 Å². The van der Waals surface area contributed by atoms with Gasteiger partial charge in [-0.3, -0.25) is 0 Å². The van der Waals surface area contributed by atoms with Crippen LogP contribution in [-0.2, 0) is 0 Å². The van der Waals surface area contributed by atoms with Crippen molar-refractivity contribution < 1.29 is 5.11 Å². The summed E-state index contributed by atoms with van der Waals surface area (Å²) in [6.45, 7) is 6.47. The Balaban J connectivity index is 2.92. The van der Waals surface area contributed by atoms with Crippen LogP contribution in [0.2, 0.25) is 0 Å². The van der Waals surface area contributed by atoms with Crippen molar-refractivity contribution in [1.82, 2.24) is 0 Å². The highest BCUT2D eigenvalue weighted by molar-refractivity contribution is 4.51. The third-order valence-electron chi connectivity index (χ3n) is 2.65. The van der Waals surface area contributed by atoms with Crippen molar-refractivity contribution in [3.8, 4) is 0 Å². The summed E-state index contributed by atoms with van der Waals surface area (Å²) < 4.78 is 0. The molecular weight excluding hydrogens is 172 g/mol. The topological polar surface area (TPSA) is 20.2 Å². The summed E-state index contributed by atoms with van der Waals surface area (Å²) in [7, 11) is 0. The van der Waals surface area contributed by atoms with Gasteiger partial charge in [0.2, 0.25) is 0 Å².